The molecule has 0 aliphatic heterocycles. The van der Waals surface area contributed by atoms with E-state index < -0.39 is 22.0 Å². The number of allylic oxidation sites excluding steroid dienone is 3. The Morgan fingerprint density at radius 3 is 2.58 bits per heavy atom. The number of hydrogen-bond donors (Lipinski definition) is 2. The fraction of sp³-hybridized carbons (Fsp3) is 0.769. The van der Waals surface area contributed by atoms with Gasteiger partial charge in [-0.25, -0.2) is 8.42 Å². The summed E-state index contributed by atoms with van der Waals surface area (Å²) in [6, 6.07) is 0. The molecule has 5 heteroatoms. The molecule has 0 amide bonds. The molecule has 3 rings (SSSR count). The Kier molecular flexibility index (Phi) is 7.60. The van der Waals surface area contributed by atoms with Gasteiger partial charge in [0.05, 0.1) is 23.2 Å². The van der Waals surface area contributed by atoms with E-state index in [2.05, 4.69) is 32.6 Å². The lowest BCUT2D eigenvalue weighted by Gasteiger charge is -2.44. The van der Waals surface area contributed by atoms with E-state index in [9.17, 15) is 18.6 Å². The molecule has 0 radical (unpaired) electrons. The van der Waals surface area contributed by atoms with Gasteiger partial charge < -0.3 is 10.2 Å². The minimum Gasteiger partial charge on any atom is -0.393 e. The van der Waals surface area contributed by atoms with Crippen LogP contribution in [0.5, 0.6) is 0 Å². The minimum absolute atomic E-state index is 0.228. The normalized spacial score (nSPS) is 38.1. The third kappa shape index (κ3) is 5.20. The highest BCUT2D eigenvalue weighted by Crippen LogP contribution is 2.59. The molecule has 3 saturated carbocycles. The summed E-state index contributed by atoms with van der Waals surface area (Å²) in [6.45, 7) is 12.3. The highest BCUT2D eigenvalue weighted by molar-refractivity contribution is 7.91. The molecule has 3 fully saturated rings. The second-order valence-electron chi connectivity index (χ2n) is 10.8. The van der Waals surface area contributed by atoms with Crippen molar-refractivity contribution in [3.05, 3.63) is 35.5 Å². The van der Waals surface area contributed by atoms with Crippen LogP contribution in [-0.2, 0) is 9.84 Å². The Balaban J connectivity index is 1.74. The Morgan fingerprint density at radius 2 is 1.90 bits per heavy atom. The van der Waals surface area contributed by atoms with Crippen LogP contribution < -0.4 is 0 Å². The zero-order valence-electron chi connectivity index (χ0n) is 19.8. The van der Waals surface area contributed by atoms with Crippen LogP contribution >= 0.6 is 0 Å². The molecule has 0 aromatic rings. The molecule has 3 aliphatic carbocycles. The van der Waals surface area contributed by atoms with Crippen LogP contribution in [0.15, 0.2) is 35.5 Å². The zero-order chi connectivity index (χ0) is 23.0. The summed E-state index contributed by atoms with van der Waals surface area (Å²) in [6.07, 6.45) is 10.7. The molecular formula is C26H42O4S. The molecule has 31 heavy (non-hydrogen) atoms. The SMILES string of the molecule is C=C1/C(=C\C=C2/CCCC3(C)C2CCC3C(C)CCS(=O)(=O)C(C)C)CC(O)CC1O. The predicted octanol–water partition coefficient (Wildman–Crippen LogP) is 4.98. The van der Waals surface area contributed by atoms with E-state index in [0.29, 0.717) is 36.3 Å². The first-order valence-electron chi connectivity index (χ1n) is 12.1. The lowest BCUT2D eigenvalue weighted by Crippen LogP contribution is -2.36. The Morgan fingerprint density at radius 1 is 1.19 bits per heavy atom. The fourth-order valence-electron chi connectivity index (χ4n) is 6.47. The van der Waals surface area contributed by atoms with E-state index in [1.165, 1.54) is 31.3 Å². The van der Waals surface area contributed by atoms with Gasteiger partial charge in [-0.05, 0) is 93.1 Å². The van der Waals surface area contributed by atoms with Gasteiger partial charge in [0.25, 0.3) is 0 Å². The van der Waals surface area contributed by atoms with Crippen molar-refractivity contribution in [1.82, 2.24) is 0 Å². The van der Waals surface area contributed by atoms with Gasteiger partial charge in [0.1, 0.15) is 0 Å². The summed E-state index contributed by atoms with van der Waals surface area (Å²) in [5.74, 6) is 1.80. The Hall–Kier alpha value is -0.910. The predicted molar refractivity (Wildman–Crippen MR) is 127 cm³/mol. The summed E-state index contributed by atoms with van der Waals surface area (Å²) in [4.78, 5) is 0. The number of sulfone groups is 1. The lowest BCUT2D eigenvalue weighted by molar-refractivity contribution is 0.0861. The van der Waals surface area contributed by atoms with Gasteiger partial charge in [0.15, 0.2) is 9.84 Å². The molecule has 6 unspecified atom stereocenters. The third-order valence-electron chi connectivity index (χ3n) is 8.56. The maximum atomic E-state index is 12.3. The molecule has 6 atom stereocenters. The first-order chi connectivity index (χ1) is 14.5. The average molecular weight is 451 g/mol. The maximum absolute atomic E-state index is 12.3. The second kappa shape index (κ2) is 9.52. The third-order valence-corrected chi connectivity index (χ3v) is 10.8. The maximum Gasteiger partial charge on any atom is 0.152 e. The van der Waals surface area contributed by atoms with Crippen molar-refractivity contribution in [2.24, 2.45) is 23.2 Å². The van der Waals surface area contributed by atoms with E-state index in [1.807, 2.05) is 0 Å². The van der Waals surface area contributed by atoms with Gasteiger partial charge >= 0.3 is 0 Å². The molecular weight excluding hydrogens is 408 g/mol. The van der Waals surface area contributed by atoms with E-state index >= 15 is 0 Å². The average Bonchev–Trinajstić information content (AvgIpc) is 3.05. The molecule has 0 aromatic carbocycles. The van der Waals surface area contributed by atoms with Gasteiger partial charge in [-0.1, -0.05) is 38.2 Å². The van der Waals surface area contributed by atoms with Crippen molar-refractivity contribution in [2.45, 2.75) is 96.5 Å². The van der Waals surface area contributed by atoms with Crippen molar-refractivity contribution in [3.8, 4) is 0 Å². The van der Waals surface area contributed by atoms with Crippen LogP contribution in [0.25, 0.3) is 0 Å². The van der Waals surface area contributed by atoms with Crippen molar-refractivity contribution in [3.63, 3.8) is 0 Å². The monoisotopic (exact) mass is 450 g/mol. The smallest absolute Gasteiger partial charge is 0.152 e. The largest absolute Gasteiger partial charge is 0.393 e. The molecule has 176 valence electrons. The van der Waals surface area contributed by atoms with Crippen LogP contribution in [0.3, 0.4) is 0 Å². The Bertz CT molecular complexity index is 837. The quantitative estimate of drug-likeness (QED) is 0.599. The number of aliphatic hydroxyl groups excluding tert-OH is 2. The van der Waals surface area contributed by atoms with Crippen molar-refractivity contribution >= 4 is 9.84 Å². The van der Waals surface area contributed by atoms with Crippen LogP contribution in [0.4, 0.5) is 0 Å². The lowest BCUT2D eigenvalue weighted by atomic mass is 9.61. The molecule has 4 nitrogen and oxygen atoms in total. The standard InChI is InChI=1S/C26H42O4S/c1-17(2)31(29,30)14-12-18(3)23-10-11-24-20(7-6-13-26(23,24)5)8-9-21-15-22(27)16-25(28)19(21)4/h8-9,17-18,22-25,27-28H,4,6-7,10-16H2,1-3,5H3/b20-8+,21-9-. The molecule has 0 spiro atoms. The number of hydrogen-bond acceptors (Lipinski definition) is 4. The first kappa shape index (κ1) is 24.7. The van der Waals surface area contributed by atoms with E-state index in [-0.39, 0.29) is 10.7 Å². The number of fused-ring (bicyclic) bond motifs is 1. The highest BCUT2D eigenvalue weighted by atomic mass is 32.2. The van der Waals surface area contributed by atoms with Crippen LogP contribution in [0, 0.1) is 23.2 Å². The van der Waals surface area contributed by atoms with Crippen molar-refractivity contribution < 1.29 is 18.6 Å². The fourth-order valence-corrected chi connectivity index (χ4v) is 7.64. The summed E-state index contributed by atoms with van der Waals surface area (Å²) < 4.78 is 24.6. The topological polar surface area (TPSA) is 74.6 Å². The molecule has 0 heterocycles. The van der Waals surface area contributed by atoms with Gasteiger partial charge in [0.2, 0.25) is 0 Å². The molecule has 0 bridgehead atoms. The van der Waals surface area contributed by atoms with E-state index in [0.717, 1.165) is 24.0 Å². The van der Waals surface area contributed by atoms with Crippen LogP contribution in [-0.4, -0.2) is 41.8 Å². The number of aliphatic hydroxyl groups is 2. The molecule has 0 aromatic heterocycles. The van der Waals surface area contributed by atoms with Crippen molar-refractivity contribution in [2.75, 3.05) is 5.75 Å². The van der Waals surface area contributed by atoms with E-state index in [1.54, 1.807) is 13.8 Å². The summed E-state index contributed by atoms with van der Waals surface area (Å²) in [5, 5.41) is 19.9. The van der Waals surface area contributed by atoms with Gasteiger partial charge in [0, 0.05) is 6.42 Å². The molecule has 0 saturated heterocycles. The van der Waals surface area contributed by atoms with Crippen LogP contribution in [0.1, 0.15) is 79.1 Å². The van der Waals surface area contributed by atoms with Crippen molar-refractivity contribution in [1.29, 1.82) is 0 Å². The summed E-state index contributed by atoms with van der Waals surface area (Å²) in [5.41, 5.74) is 3.41. The molecule has 2 N–H and O–H groups in total. The van der Waals surface area contributed by atoms with Crippen LogP contribution in [0.2, 0.25) is 0 Å². The minimum atomic E-state index is -2.99. The first-order valence-corrected chi connectivity index (χ1v) is 13.8. The summed E-state index contributed by atoms with van der Waals surface area (Å²) >= 11 is 0. The second-order valence-corrected chi connectivity index (χ2v) is 13.5. The number of rotatable bonds is 6. The zero-order valence-corrected chi connectivity index (χ0v) is 20.6. The highest BCUT2D eigenvalue weighted by Gasteiger charge is 2.50. The summed E-state index contributed by atoms with van der Waals surface area (Å²) in [7, 11) is -2.99. The Labute approximate surface area is 189 Å². The molecule has 3 aliphatic rings. The van der Waals surface area contributed by atoms with Gasteiger partial charge in [-0.2, -0.15) is 0 Å². The van der Waals surface area contributed by atoms with Gasteiger partial charge in [-0.15, -0.1) is 0 Å². The van der Waals surface area contributed by atoms with Gasteiger partial charge in [-0.3, -0.25) is 0 Å². The van der Waals surface area contributed by atoms with E-state index in [4.69, 9.17) is 0 Å².